The van der Waals surface area contributed by atoms with Crippen LogP contribution in [0.2, 0.25) is 0 Å². The fourth-order valence-corrected chi connectivity index (χ4v) is 3.26. The molecule has 0 saturated heterocycles. The molecule has 0 aliphatic heterocycles. The average Bonchev–Trinajstić information content (AvgIpc) is 3.24. The third-order valence-electron chi connectivity index (χ3n) is 4.18. The van der Waals surface area contributed by atoms with E-state index in [0.29, 0.717) is 43.1 Å². The molecule has 1 heterocycles. The number of benzene rings is 1. The lowest BCUT2D eigenvalue weighted by molar-refractivity contribution is -0.121. The van der Waals surface area contributed by atoms with Gasteiger partial charge in [-0.1, -0.05) is 13.0 Å². The van der Waals surface area contributed by atoms with E-state index in [2.05, 4.69) is 10.6 Å². The van der Waals surface area contributed by atoms with Crippen molar-refractivity contribution in [1.29, 1.82) is 0 Å². The minimum atomic E-state index is -0.151. The van der Waals surface area contributed by atoms with Gasteiger partial charge in [0.05, 0.1) is 19.8 Å². The van der Waals surface area contributed by atoms with Crippen molar-refractivity contribution in [3.8, 4) is 11.5 Å². The first-order chi connectivity index (χ1) is 13.5. The average molecular weight is 405 g/mol. The predicted molar refractivity (Wildman–Crippen MR) is 111 cm³/mol. The number of thiophene rings is 1. The van der Waals surface area contributed by atoms with Crippen molar-refractivity contribution < 1.29 is 19.1 Å². The fraction of sp³-hybridized carbons (Fsp3) is 0.429. The van der Waals surface area contributed by atoms with E-state index in [9.17, 15) is 9.59 Å². The smallest absolute Gasteiger partial charge is 0.252 e. The number of ether oxygens (including phenoxy) is 2. The lowest BCUT2D eigenvalue weighted by Gasteiger charge is -2.17. The maximum atomic E-state index is 12.2. The van der Waals surface area contributed by atoms with Crippen LogP contribution in [-0.2, 0) is 4.79 Å². The van der Waals surface area contributed by atoms with Crippen molar-refractivity contribution in [2.24, 2.45) is 0 Å². The van der Waals surface area contributed by atoms with Crippen LogP contribution in [0.5, 0.6) is 11.5 Å². The molecule has 0 radical (unpaired) electrons. The van der Waals surface area contributed by atoms with Gasteiger partial charge in [0.2, 0.25) is 5.91 Å². The zero-order chi connectivity index (χ0) is 20.4. The Morgan fingerprint density at radius 1 is 1.21 bits per heavy atom. The van der Waals surface area contributed by atoms with E-state index in [1.807, 2.05) is 37.4 Å². The van der Waals surface area contributed by atoms with Gasteiger partial charge in [0.15, 0.2) is 11.5 Å². The summed E-state index contributed by atoms with van der Waals surface area (Å²) >= 11 is 1.48. The molecule has 7 heteroatoms. The van der Waals surface area contributed by atoms with Crippen LogP contribution in [0, 0.1) is 0 Å². The molecular formula is C21H28N2O4S. The van der Waals surface area contributed by atoms with Crippen LogP contribution in [0.3, 0.4) is 0 Å². The number of hydrogen-bond donors (Lipinski definition) is 2. The molecular weight excluding hydrogens is 376 g/mol. The summed E-state index contributed by atoms with van der Waals surface area (Å²) in [5, 5.41) is 9.46. The molecule has 0 spiro atoms. The van der Waals surface area contributed by atoms with Crippen LogP contribution in [-0.4, -0.2) is 32.1 Å². The highest BCUT2D eigenvalue weighted by molar-refractivity contribution is 7.08. The summed E-state index contributed by atoms with van der Waals surface area (Å²) in [5.41, 5.74) is 1.60. The highest BCUT2D eigenvalue weighted by atomic mass is 32.1. The Labute approximate surface area is 170 Å². The summed E-state index contributed by atoms with van der Waals surface area (Å²) in [5.74, 6) is 1.20. The fourth-order valence-electron chi connectivity index (χ4n) is 2.63. The molecule has 0 bridgehead atoms. The highest BCUT2D eigenvalue weighted by Crippen LogP contribution is 2.30. The Morgan fingerprint density at radius 2 is 2.04 bits per heavy atom. The number of carbonyl (C=O) groups excluding carboxylic acids is 2. The number of hydrogen-bond acceptors (Lipinski definition) is 5. The Balaban J connectivity index is 1.77. The molecule has 0 fully saturated rings. The van der Waals surface area contributed by atoms with Crippen molar-refractivity contribution in [1.82, 2.24) is 10.6 Å². The minimum Gasteiger partial charge on any atom is -0.493 e. The summed E-state index contributed by atoms with van der Waals surface area (Å²) in [4.78, 5) is 24.0. The van der Waals surface area contributed by atoms with Crippen LogP contribution in [0.25, 0.3) is 0 Å². The lowest BCUT2D eigenvalue weighted by Crippen LogP contribution is -2.29. The summed E-state index contributed by atoms with van der Waals surface area (Å²) in [6.45, 7) is 5.07. The Bertz CT molecular complexity index is 762. The van der Waals surface area contributed by atoms with Gasteiger partial charge < -0.3 is 20.1 Å². The number of methoxy groups -OCH3 is 1. The van der Waals surface area contributed by atoms with Gasteiger partial charge in [0.25, 0.3) is 5.91 Å². The summed E-state index contributed by atoms with van der Waals surface area (Å²) in [6, 6.07) is 7.31. The van der Waals surface area contributed by atoms with Crippen molar-refractivity contribution in [3.05, 3.63) is 46.2 Å². The van der Waals surface area contributed by atoms with Crippen LogP contribution >= 0.6 is 11.3 Å². The molecule has 152 valence electrons. The van der Waals surface area contributed by atoms with E-state index in [1.54, 1.807) is 18.6 Å². The van der Waals surface area contributed by atoms with Crippen molar-refractivity contribution >= 4 is 23.2 Å². The molecule has 1 aromatic heterocycles. The molecule has 0 aliphatic carbocycles. The number of amides is 2. The van der Waals surface area contributed by atoms with Crippen LogP contribution < -0.4 is 20.1 Å². The molecule has 1 unspecified atom stereocenters. The highest BCUT2D eigenvalue weighted by Gasteiger charge is 2.13. The first-order valence-electron chi connectivity index (χ1n) is 9.45. The Kier molecular flexibility index (Phi) is 8.81. The molecule has 2 aromatic rings. The predicted octanol–water partition coefficient (Wildman–Crippen LogP) is 3.93. The number of rotatable bonds is 11. The second-order valence-corrected chi connectivity index (χ2v) is 7.20. The molecule has 0 aliphatic rings. The van der Waals surface area contributed by atoms with Crippen molar-refractivity contribution in [2.75, 3.05) is 20.3 Å². The quantitative estimate of drug-likeness (QED) is 0.556. The van der Waals surface area contributed by atoms with Gasteiger partial charge in [-0.15, -0.1) is 0 Å². The zero-order valence-electron chi connectivity index (χ0n) is 16.6. The van der Waals surface area contributed by atoms with Gasteiger partial charge in [-0.25, -0.2) is 0 Å². The maximum absolute atomic E-state index is 12.2. The standard InChI is InChI=1S/C21H28N2O4S/c1-4-11-27-18-8-7-16(13-19(18)26-3)15(2)23-20(24)6-5-10-22-21(25)17-9-12-28-14-17/h7-9,12-15H,4-6,10-11H2,1-3H3,(H,22,25)(H,23,24). The van der Waals surface area contributed by atoms with Crippen LogP contribution in [0.1, 0.15) is 55.1 Å². The SMILES string of the molecule is CCCOc1ccc(C(C)NC(=O)CCCNC(=O)c2ccsc2)cc1OC. The van der Waals surface area contributed by atoms with E-state index in [0.717, 1.165) is 12.0 Å². The minimum absolute atomic E-state index is 0.0532. The largest absolute Gasteiger partial charge is 0.493 e. The lowest BCUT2D eigenvalue weighted by atomic mass is 10.1. The summed E-state index contributed by atoms with van der Waals surface area (Å²) in [6.07, 6.45) is 1.86. The van der Waals surface area contributed by atoms with Crippen molar-refractivity contribution in [2.45, 2.75) is 39.2 Å². The second kappa shape index (κ2) is 11.3. The molecule has 2 rings (SSSR count). The second-order valence-electron chi connectivity index (χ2n) is 6.42. The summed E-state index contributed by atoms with van der Waals surface area (Å²) < 4.78 is 11.1. The monoisotopic (exact) mass is 404 g/mol. The first-order valence-corrected chi connectivity index (χ1v) is 10.4. The zero-order valence-corrected chi connectivity index (χ0v) is 17.4. The Morgan fingerprint density at radius 3 is 2.71 bits per heavy atom. The third-order valence-corrected chi connectivity index (χ3v) is 4.86. The van der Waals surface area contributed by atoms with E-state index < -0.39 is 0 Å². The molecule has 6 nitrogen and oxygen atoms in total. The third kappa shape index (κ3) is 6.56. The van der Waals surface area contributed by atoms with Gasteiger partial charge >= 0.3 is 0 Å². The van der Waals surface area contributed by atoms with Gasteiger partial charge in [0.1, 0.15) is 0 Å². The molecule has 2 N–H and O–H groups in total. The van der Waals surface area contributed by atoms with E-state index in [4.69, 9.17) is 9.47 Å². The number of carbonyl (C=O) groups is 2. The molecule has 2 amide bonds. The molecule has 28 heavy (non-hydrogen) atoms. The molecule has 1 aromatic carbocycles. The van der Waals surface area contributed by atoms with Crippen LogP contribution in [0.4, 0.5) is 0 Å². The summed E-state index contributed by atoms with van der Waals surface area (Å²) in [7, 11) is 1.60. The van der Waals surface area contributed by atoms with Gasteiger partial charge in [-0.3, -0.25) is 9.59 Å². The topological polar surface area (TPSA) is 76.7 Å². The van der Waals surface area contributed by atoms with Gasteiger partial charge in [-0.2, -0.15) is 11.3 Å². The maximum Gasteiger partial charge on any atom is 0.252 e. The van der Waals surface area contributed by atoms with Crippen LogP contribution in [0.15, 0.2) is 35.0 Å². The van der Waals surface area contributed by atoms with E-state index in [1.165, 1.54) is 11.3 Å². The molecule has 0 saturated carbocycles. The van der Waals surface area contributed by atoms with Crippen molar-refractivity contribution in [3.63, 3.8) is 0 Å². The Hall–Kier alpha value is -2.54. The molecule has 1 atom stereocenters. The number of nitrogens with one attached hydrogen (secondary N) is 2. The van der Waals surface area contributed by atoms with E-state index >= 15 is 0 Å². The van der Waals surface area contributed by atoms with E-state index in [-0.39, 0.29) is 17.9 Å². The van der Waals surface area contributed by atoms with Gasteiger partial charge in [0, 0.05) is 23.9 Å². The van der Waals surface area contributed by atoms with Gasteiger partial charge in [-0.05, 0) is 48.9 Å². The normalized spacial score (nSPS) is 11.5. The first kappa shape index (κ1) is 21.8.